The van der Waals surface area contributed by atoms with E-state index in [2.05, 4.69) is 27.1 Å². The molecule has 0 bridgehead atoms. The van der Waals surface area contributed by atoms with E-state index in [-0.39, 0.29) is 24.3 Å². The molecule has 1 aliphatic carbocycles. The van der Waals surface area contributed by atoms with Crippen molar-refractivity contribution in [2.75, 3.05) is 19.5 Å². The van der Waals surface area contributed by atoms with Gasteiger partial charge in [0.15, 0.2) is 0 Å². The molecule has 33 heavy (non-hydrogen) atoms. The zero-order chi connectivity index (χ0) is 23.7. The standard InChI is InChI=1S/C24H26ClN3O5/c1-31-19-9-6-17(7-10-19)16-33-20(29)11-8-18-15-26-23(25)27-22(18)28-24(14-21(30)32-2)12-4-3-5-13-24/h6-7,9-10,15H,3-5,12-14,16H2,1-2H3,(H,26,27,28). The van der Waals surface area contributed by atoms with Crippen LogP contribution in [0.2, 0.25) is 5.28 Å². The Morgan fingerprint density at radius 2 is 1.88 bits per heavy atom. The number of halogens is 1. The second-order valence-electron chi connectivity index (χ2n) is 7.79. The van der Waals surface area contributed by atoms with Crippen LogP contribution in [-0.4, -0.2) is 41.7 Å². The number of anilines is 1. The maximum absolute atomic E-state index is 12.2. The minimum atomic E-state index is -0.686. The molecule has 2 aromatic rings. The van der Waals surface area contributed by atoms with Crippen LogP contribution in [0.5, 0.6) is 5.75 Å². The van der Waals surface area contributed by atoms with Gasteiger partial charge in [-0.05, 0) is 48.1 Å². The fourth-order valence-electron chi connectivity index (χ4n) is 3.75. The normalized spacial score (nSPS) is 14.4. The Bertz CT molecular complexity index is 1040. The highest BCUT2D eigenvalue weighted by molar-refractivity contribution is 6.28. The summed E-state index contributed by atoms with van der Waals surface area (Å²) in [5, 5.41) is 3.39. The number of carbonyl (C=O) groups excluding carboxylic acids is 2. The fraction of sp³-hybridized carbons (Fsp3) is 0.417. The average molecular weight is 472 g/mol. The molecule has 0 unspecified atom stereocenters. The molecule has 3 rings (SSSR count). The Hall–Kier alpha value is -3.31. The van der Waals surface area contributed by atoms with E-state index in [1.165, 1.54) is 13.3 Å². The molecule has 0 radical (unpaired) electrons. The lowest BCUT2D eigenvalue weighted by molar-refractivity contribution is -0.142. The Morgan fingerprint density at radius 1 is 1.15 bits per heavy atom. The molecule has 1 aliphatic rings. The molecule has 0 aliphatic heterocycles. The van der Waals surface area contributed by atoms with E-state index >= 15 is 0 Å². The van der Waals surface area contributed by atoms with Crippen LogP contribution in [0.4, 0.5) is 5.82 Å². The van der Waals surface area contributed by atoms with E-state index in [4.69, 9.17) is 25.8 Å². The molecule has 9 heteroatoms. The Labute approximate surface area is 198 Å². The molecule has 8 nitrogen and oxygen atoms in total. The van der Waals surface area contributed by atoms with Gasteiger partial charge in [0.2, 0.25) is 5.28 Å². The summed E-state index contributed by atoms with van der Waals surface area (Å²) in [5.41, 5.74) is 0.676. The van der Waals surface area contributed by atoms with E-state index in [1.807, 2.05) is 0 Å². The van der Waals surface area contributed by atoms with E-state index < -0.39 is 11.5 Å². The highest BCUT2D eigenvalue weighted by atomic mass is 35.5. The number of nitrogens with zero attached hydrogens (tertiary/aromatic N) is 2. The number of carbonyl (C=O) groups is 2. The molecule has 1 aromatic carbocycles. The van der Waals surface area contributed by atoms with Gasteiger partial charge >= 0.3 is 11.9 Å². The monoisotopic (exact) mass is 471 g/mol. The molecule has 0 saturated heterocycles. The highest BCUT2D eigenvalue weighted by Gasteiger charge is 2.35. The third-order valence-corrected chi connectivity index (χ3v) is 5.67. The van der Waals surface area contributed by atoms with Gasteiger partial charge in [0, 0.05) is 17.7 Å². The number of benzene rings is 1. The van der Waals surface area contributed by atoms with Crippen molar-refractivity contribution in [1.82, 2.24) is 9.97 Å². The van der Waals surface area contributed by atoms with Gasteiger partial charge in [-0.15, -0.1) is 0 Å². The first-order valence-electron chi connectivity index (χ1n) is 10.6. The molecule has 1 fully saturated rings. The van der Waals surface area contributed by atoms with Gasteiger partial charge in [-0.3, -0.25) is 4.79 Å². The lowest BCUT2D eigenvalue weighted by atomic mass is 9.79. The largest absolute Gasteiger partial charge is 0.497 e. The summed E-state index contributed by atoms with van der Waals surface area (Å²) in [5.74, 6) is 5.32. The molecule has 0 spiro atoms. The van der Waals surface area contributed by atoms with Gasteiger partial charge in [-0.1, -0.05) is 31.4 Å². The number of nitrogens with one attached hydrogen (secondary N) is 1. The first kappa shape index (κ1) is 24.3. The summed E-state index contributed by atoms with van der Waals surface area (Å²) in [6.07, 6.45) is 6.24. The molecule has 0 atom stereocenters. The number of hydrogen-bond donors (Lipinski definition) is 1. The van der Waals surface area contributed by atoms with Gasteiger partial charge in [0.1, 0.15) is 18.2 Å². The summed E-state index contributed by atoms with van der Waals surface area (Å²) in [6, 6.07) is 7.18. The molecule has 1 saturated carbocycles. The highest BCUT2D eigenvalue weighted by Crippen LogP contribution is 2.35. The summed E-state index contributed by atoms with van der Waals surface area (Å²) >= 11 is 6.01. The Morgan fingerprint density at radius 3 is 2.55 bits per heavy atom. The first-order valence-corrected chi connectivity index (χ1v) is 11.0. The van der Waals surface area contributed by atoms with Gasteiger partial charge in [0.05, 0.1) is 26.2 Å². The van der Waals surface area contributed by atoms with Crippen molar-refractivity contribution in [3.8, 4) is 17.6 Å². The van der Waals surface area contributed by atoms with Crippen molar-refractivity contribution in [3.63, 3.8) is 0 Å². The van der Waals surface area contributed by atoms with Crippen molar-refractivity contribution in [3.05, 3.63) is 46.9 Å². The van der Waals surface area contributed by atoms with Crippen LogP contribution in [-0.2, 0) is 25.7 Å². The third kappa shape index (κ3) is 7.09. The van der Waals surface area contributed by atoms with Crippen molar-refractivity contribution in [2.45, 2.75) is 50.7 Å². The van der Waals surface area contributed by atoms with Crippen LogP contribution in [0, 0.1) is 11.8 Å². The molecule has 174 valence electrons. The summed E-state index contributed by atoms with van der Waals surface area (Å²) < 4.78 is 15.2. The van der Waals surface area contributed by atoms with Crippen LogP contribution >= 0.6 is 11.6 Å². The van der Waals surface area contributed by atoms with Crippen LogP contribution in [0.25, 0.3) is 0 Å². The van der Waals surface area contributed by atoms with Crippen molar-refractivity contribution >= 4 is 29.4 Å². The van der Waals surface area contributed by atoms with Crippen LogP contribution in [0.15, 0.2) is 30.5 Å². The van der Waals surface area contributed by atoms with Gasteiger partial charge in [-0.25, -0.2) is 9.78 Å². The van der Waals surface area contributed by atoms with Gasteiger partial charge in [0.25, 0.3) is 0 Å². The maximum atomic E-state index is 12.2. The Balaban J connectivity index is 1.73. The van der Waals surface area contributed by atoms with E-state index in [0.717, 1.165) is 43.4 Å². The topological polar surface area (TPSA) is 99.6 Å². The quantitative estimate of drug-likeness (QED) is 0.368. The molecular weight excluding hydrogens is 446 g/mol. The predicted molar refractivity (Wildman–Crippen MR) is 123 cm³/mol. The second-order valence-corrected chi connectivity index (χ2v) is 8.13. The summed E-state index contributed by atoms with van der Waals surface area (Å²) in [4.78, 5) is 32.4. The molecule has 1 N–H and O–H groups in total. The summed E-state index contributed by atoms with van der Waals surface area (Å²) in [7, 11) is 2.95. The van der Waals surface area contributed by atoms with E-state index in [0.29, 0.717) is 11.4 Å². The van der Waals surface area contributed by atoms with Crippen LogP contribution < -0.4 is 10.1 Å². The zero-order valence-corrected chi connectivity index (χ0v) is 19.4. The number of rotatable bonds is 7. The zero-order valence-electron chi connectivity index (χ0n) is 18.7. The predicted octanol–water partition coefficient (Wildman–Crippen LogP) is 3.91. The maximum Gasteiger partial charge on any atom is 0.385 e. The average Bonchev–Trinajstić information content (AvgIpc) is 2.83. The van der Waals surface area contributed by atoms with Gasteiger partial charge in [-0.2, -0.15) is 4.98 Å². The number of aromatic nitrogens is 2. The van der Waals surface area contributed by atoms with E-state index in [9.17, 15) is 9.59 Å². The van der Waals surface area contributed by atoms with Crippen molar-refractivity contribution in [1.29, 1.82) is 0 Å². The van der Waals surface area contributed by atoms with Crippen LogP contribution in [0.1, 0.15) is 49.7 Å². The van der Waals surface area contributed by atoms with Crippen LogP contribution in [0.3, 0.4) is 0 Å². The number of methoxy groups -OCH3 is 2. The lowest BCUT2D eigenvalue weighted by Crippen LogP contribution is -2.43. The fourth-order valence-corrected chi connectivity index (χ4v) is 3.88. The number of esters is 2. The second kappa shape index (κ2) is 11.5. The third-order valence-electron chi connectivity index (χ3n) is 5.49. The smallest absolute Gasteiger partial charge is 0.385 e. The lowest BCUT2D eigenvalue weighted by Gasteiger charge is -2.38. The number of ether oxygens (including phenoxy) is 3. The van der Waals surface area contributed by atoms with Crippen molar-refractivity contribution in [2.24, 2.45) is 0 Å². The number of hydrogen-bond acceptors (Lipinski definition) is 8. The first-order chi connectivity index (χ1) is 15.9. The van der Waals surface area contributed by atoms with Crippen molar-refractivity contribution < 1.29 is 23.8 Å². The molecule has 1 aromatic heterocycles. The summed E-state index contributed by atoms with van der Waals surface area (Å²) in [6.45, 7) is 0.0853. The SMILES string of the molecule is COC(=O)CC1(Nc2nc(Cl)ncc2C#CC(=O)OCc2ccc(OC)cc2)CCCCC1. The minimum absolute atomic E-state index is 0.0363. The molecule has 1 heterocycles. The Kier molecular flexibility index (Phi) is 8.50. The molecular formula is C24H26ClN3O5. The molecule has 0 amide bonds. The minimum Gasteiger partial charge on any atom is -0.497 e. The van der Waals surface area contributed by atoms with E-state index in [1.54, 1.807) is 31.4 Å². The van der Waals surface area contributed by atoms with Gasteiger partial charge < -0.3 is 19.5 Å².